The number of urea groups is 1. The van der Waals surface area contributed by atoms with Crippen molar-refractivity contribution in [2.75, 3.05) is 11.9 Å². The highest BCUT2D eigenvalue weighted by Crippen LogP contribution is 2.21. The maximum Gasteiger partial charge on any atom is 0.319 e. The minimum atomic E-state index is -0.969. The quantitative estimate of drug-likeness (QED) is 0.670. The third kappa shape index (κ3) is 3.61. The van der Waals surface area contributed by atoms with Crippen molar-refractivity contribution >= 4 is 11.7 Å². The second-order valence-electron chi connectivity index (χ2n) is 4.98. The normalized spacial score (nSPS) is 11.9. The number of amides is 2. The highest BCUT2D eigenvalue weighted by molar-refractivity contribution is 5.91. The number of carbonyl (C=O) groups is 1. The predicted molar refractivity (Wildman–Crippen MR) is 84.2 cm³/mol. The van der Waals surface area contributed by atoms with Gasteiger partial charge in [-0.25, -0.2) is 13.9 Å². The Balaban J connectivity index is 1.67. The van der Waals surface area contributed by atoms with Gasteiger partial charge in [0.25, 0.3) is 0 Å². The van der Waals surface area contributed by atoms with Gasteiger partial charge < -0.3 is 20.2 Å². The molecule has 2 heterocycles. The van der Waals surface area contributed by atoms with Crippen LogP contribution in [0.4, 0.5) is 14.9 Å². The first-order valence-corrected chi connectivity index (χ1v) is 7.19. The standard InChI is InChI=1S/C16H15FN4O3/c17-11-4-5-13(21-7-2-6-19-21)12(9-11)20-16(23)18-10-14(22)15-3-1-8-24-15/h1-9,14,22H,10H2,(H2,18,20,23). The van der Waals surface area contributed by atoms with Crippen LogP contribution in [0.1, 0.15) is 11.9 Å². The average Bonchev–Trinajstić information content (AvgIpc) is 3.26. The minimum absolute atomic E-state index is 0.0498. The van der Waals surface area contributed by atoms with Crippen LogP contribution in [0.5, 0.6) is 0 Å². The Bertz CT molecular complexity index is 803. The molecule has 0 spiro atoms. The van der Waals surface area contributed by atoms with E-state index in [0.717, 1.165) is 0 Å². The number of anilines is 1. The fraction of sp³-hybridized carbons (Fsp3) is 0.125. The van der Waals surface area contributed by atoms with Crippen LogP contribution in [0.15, 0.2) is 59.5 Å². The molecule has 0 aliphatic rings. The predicted octanol–water partition coefficient (Wildman–Crippen LogP) is 2.46. The third-order valence-electron chi connectivity index (χ3n) is 3.29. The highest BCUT2D eigenvalue weighted by Gasteiger charge is 2.14. The summed E-state index contributed by atoms with van der Waals surface area (Å²) in [7, 11) is 0. The smallest absolute Gasteiger partial charge is 0.319 e. The molecule has 1 atom stereocenters. The Hall–Kier alpha value is -3.13. The van der Waals surface area contributed by atoms with Crippen LogP contribution in [-0.2, 0) is 0 Å². The second-order valence-corrected chi connectivity index (χ2v) is 4.98. The zero-order valence-electron chi connectivity index (χ0n) is 12.5. The Kier molecular flexibility index (Phi) is 4.57. The van der Waals surface area contributed by atoms with Gasteiger partial charge >= 0.3 is 6.03 Å². The van der Waals surface area contributed by atoms with Crippen molar-refractivity contribution < 1.29 is 18.7 Å². The molecule has 1 unspecified atom stereocenters. The summed E-state index contributed by atoms with van der Waals surface area (Å²) in [4.78, 5) is 12.0. The van der Waals surface area contributed by atoms with Gasteiger partial charge in [-0.15, -0.1) is 0 Å². The van der Waals surface area contributed by atoms with E-state index in [2.05, 4.69) is 15.7 Å². The number of hydrogen-bond donors (Lipinski definition) is 3. The second kappa shape index (κ2) is 6.97. The molecule has 124 valence electrons. The molecule has 3 aromatic rings. The van der Waals surface area contributed by atoms with Gasteiger partial charge in [0.2, 0.25) is 0 Å². The summed E-state index contributed by atoms with van der Waals surface area (Å²) < 4.78 is 20.0. The summed E-state index contributed by atoms with van der Waals surface area (Å²) >= 11 is 0. The molecule has 1 aromatic carbocycles. The van der Waals surface area contributed by atoms with Gasteiger partial charge in [0.05, 0.1) is 24.2 Å². The van der Waals surface area contributed by atoms with E-state index in [0.29, 0.717) is 11.4 Å². The van der Waals surface area contributed by atoms with Gasteiger partial charge in [0, 0.05) is 12.4 Å². The van der Waals surface area contributed by atoms with Gasteiger partial charge in [-0.1, -0.05) is 0 Å². The lowest BCUT2D eigenvalue weighted by atomic mass is 10.2. The summed E-state index contributed by atoms with van der Waals surface area (Å²) in [5.74, 6) is -0.143. The van der Waals surface area contributed by atoms with Gasteiger partial charge in [0.1, 0.15) is 17.7 Å². The number of nitrogens with zero attached hydrogens (tertiary/aromatic N) is 2. The van der Waals surface area contributed by atoms with Crippen molar-refractivity contribution in [2.45, 2.75) is 6.10 Å². The fourth-order valence-corrected chi connectivity index (χ4v) is 2.16. The number of halogens is 1. The number of nitrogens with one attached hydrogen (secondary N) is 2. The number of benzene rings is 1. The summed E-state index contributed by atoms with van der Waals surface area (Å²) in [5, 5.41) is 19.0. The maximum absolute atomic E-state index is 13.5. The lowest BCUT2D eigenvalue weighted by Gasteiger charge is -2.13. The molecular weight excluding hydrogens is 315 g/mol. The fourth-order valence-electron chi connectivity index (χ4n) is 2.16. The number of aromatic nitrogens is 2. The molecule has 0 saturated carbocycles. The molecule has 3 N–H and O–H groups in total. The van der Waals surface area contributed by atoms with Crippen molar-refractivity contribution in [3.05, 3.63) is 66.6 Å². The topological polar surface area (TPSA) is 92.3 Å². The molecular formula is C16H15FN4O3. The Morgan fingerprint density at radius 2 is 2.25 bits per heavy atom. The summed E-state index contributed by atoms with van der Waals surface area (Å²) in [6.07, 6.45) is 3.72. The summed E-state index contributed by atoms with van der Waals surface area (Å²) in [6, 6.07) is 8.36. The highest BCUT2D eigenvalue weighted by atomic mass is 19.1. The third-order valence-corrected chi connectivity index (χ3v) is 3.29. The van der Waals surface area contributed by atoms with Crippen molar-refractivity contribution in [1.29, 1.82) is 0 Å². The number of aliphatic hydroxyl groups excluding tert-OH is 1. The number of aliphatic hydroxyl groups is 1. The zero-order chi connectivity index (χ0) is 16.9. The van der Waals surface area contributed by atoms with Crippen LogP contribution in [-0.4, -0.2) is 27.5 Å². The molecule has 8 heteroatoms. The molecule has 2 amide bonds. The Morgan fingerprint density at radius 3 is 2.96 bits per heavy atom. The molecule has 0 aliphatic heterocycles. The number of furan rings is 1. The maximum atomic E-state index is 13.5. The molecule has 0 radical (unpaired) electrons. The van der Waals surface area contributed by atoms with Crippen molar-refractivity contribution in [3.63, 3.8) is 0 Å². The largest absolute Gasteiger partial charge is 0.467 e. The average molecular weight is 330 g/mol. The lowest BCUT2D eigenvalue weighted by molar-refractivity contribution is 0.149. The van der Waals surface area contributed by atoms with Gasteiger partial charge in [0.15, 0.2) is 0 Å². The van der Waals surface area contributed by atoms with Crippen LogP contribution < -0.4 is 10.6 Å². The van der Waals surface area contributed by atoms with Crippen molar-refractivity contribution in [2.24, 2.45) is 0 Å². The van der Waals surface area contributed by atoms with E-state index in [-0.39, 0.29) is 12.2 Å². The summed E-state index contributed by atoms with van der Waals surface area (Å²) in [5.41, 5.74) is 0.770. The van der Waals surface area contributed by atoms with Gasteiger partial charge in [-0.3, -0.25) is 0 Å². The first-order valence-electron chi connectivity index (χ1n) is 7.19. The zero-order valence-corrected chi connectivity index (χ0v) is 12.5. The van der Waals surface area contributed by atoms with Crippen molar-refractivity contribution in [1.82, 2.24) is 15.1 Å². The molecule has 24 heavy (non-hydrogen) atoms. The number of hydrogen-bond acceptors (Lipinski definition) is 4. The van der Waals surface area contributed by atoms with Crippen LogP contribution in [0.3, 0.4) is 0 Å². The molecule has 3 rings (SSSR count). The monoisotopic (exact) mass is 330 g/mol. The lowest BCUT2D eigenvalue weighted by Crippen LogP contribution is -2.32. The van der Waals surface area contributed by atoms with E-state index in [4.69, 9.17) is 4.42 Å². The van der Waals surface area contributed by atoms with Crippen LogP contribution >= 0.6 is 0 Å². The van der Waals surface area contributed by atoms with Crippen LogP contribution in [0, 0.1) is 5.82 Å². The molecule has 0 saturated heterocycles. The molecule has 2 aromatic heterocycles. The molecule has 0 aliphatic carbocycles. The molecule has 7 nitrogen and oxygen atoms in total. The number of carbonyl (C=O) groups excluding carboxylic acids is 1. The first-order chi connectivity index (χ1) is 11.6. The molecule has 0 bridgehead atoms. The SMILES string of the molecule is O=C(NCC(O)c1ccco1)Nc1cc(F)ccc1-n1cccn1. The number of rotatable bonds is 5. The Morgan fingerprint density at radius 1 is 1.38 bits per heavy atom. The van der Waals surface area contributed by atoms with Gasteiger partial charge in [-0.2, -0.15) is 5.10 Å². The summed E-state index contributed by atoms with van der Waals surface area (Å²) in [6.45, 7) is -0.0498. The first kappa shape index (κ1) is 15.8. The van der Waals surface area contributed by atoms with E-state index in [1.165, 1.54) is 29.1 Å². The molecule has 0 fully saturated rings. The van der Waals surface area contributed by atoms with E-state index >= 15 is 0 Å². The van der Waals surface area contributed by atoms with E-state index < -0.39 is 18.0 Å². The van der Waals surface area contributed by atoms with Crippen LogP contribution in [0.25, 0.3) is 5.69 Å². The minimum Gasteiger partial charge on any atom is -0.467 e. The van der Waals surface area contributed by atoms with Crippen molar-refractivity contribution in [3.8, 4) is 5.69 Å². The van der Waals surface area contributed by atoms with E-state index in [1.807, 2.05) is 0 Å². The van der Waals surface area contributed by atoms with Gasteiger partial charge in [-0.05, 0) is 36.4 Å². The Labute approximate surface area is 136 Å². The van der Waals surface area contributed by atoms with E-state index in [9.17, 15) is 14.3 Å². The van der Waals surface area contributed by atoms with E-state index in [1.54, 1.807) is 30.6 Å². The van der Waals surface area contributed by atoms with Crippen LogP contribution in [0.2, 0.25) is 0 Å².